The van der Waals surface area contributed by atoms with Gasteiger partial charge in [0.1, 0.15) is 23.1 Å². The fourth-order valence-corrected chi connectivity index (χ4v) is 6.64. The molecule has 37 heavy (non-hydrogen) atoms. The summed E-state index contributed by atoms with van der Waals surface area (Å²) in [6.07, 6.45) is 5.45. The zero-order valence-corrected chi connectivity index (χ0v) is 25.3. The Hall–Kier alpha value is -1.52. The van der Waals surface area contributed by atoms with Gasteiger partial charge in [0.2, 0.25) is 5.91 Å². The van der Waals surface area contributed by atoms with Crippen molar-refractivity contribution in [1.29, 1.82) is 0 Å². The zero-order valence-electron chi connectivity index (χ0n) is 21.7. The number of rotatable bonds is 5. The number of halogens is 1. The standard InChI is InChI=1S/C26H32ClN3O5S.Na/c1-15-20(21(29-35-15)17-12-8-9-13-18(17)27)23(31)28-19-14-36-26(2,3)22(25(33)34)30(24(19)32)16-10-6-4-5-7-11-16;/h8-9,12-13,16,19,22H,4-7,10-11,14H2,1-3H3,(H,28,31)(H,33,34);/q;+1/p-1/t19-,22-;/m0./s1. The first-order valence-corrected chi connectivity index (χ1v) is 13.7. The van der Waals surface area contributed by atoms with E-state index < -0.39 is 34.6 Å². The minimum Gasteiger partial charge on any atom is -0.548 e. The number of nitrogens with one attached hydrogen (secondary N) is 1. The number of thioether (sulfide) groups is 1. The number of carboxylic acids is 1. The number of benzene rings is 1. The minimum atomic E-state index is -1.27. The molecule has 1 aliphatic carbocycles. The summed E-state index contributed by atoms with van der Waals surface area (Å²) in [7, 11) is 0. The van der Waals surface area contributed by atoms with Crippen LogP contribution in [0.25, 0.3) is 11.3 Å². The molecule has 1 aromatic carbocycles. The molecular weight excluding hydrogens is 525 g/mol. The molecule has 1 N–H and O–H groups in total. The van der Waals surface area contributed by atoms with E-state index in [1.54, 1.807) is 31.2 Å². The first-order valence-electron chi connectivity index (χ1n) is 12.3. The van der Waals surface area contributed by atoms with Crippen LogP contribution in [-0.4, -0.2) is 56.5 Å². The van der Waals surface area contributed by atoms with Crippen LogP contribution < -0.4 is 40.0 Å². The van der Waals surface area contributed by atoms with Gasteiger partial charge in [0.25, 0.3) is 5.91 Å². The molecule has 1 aliphatic heterocycles. The number of carboxylic acid groups (broad SMARTS) is 1. The molecule has 0 radical (unpaired) electrons. The van der Waals surface area contributed by atoms with Gasteiger partial charge < -0.3 is 24.6 Å². The van der Waals surface area contributed by atoms with Crippen molar-refractivity contribution in [3.8, 4) is 11.3 Å². The molecular formula is C26H31ClN3NaO5S. The molecule has 11 heteroatoms. The van der Waals surface area contributed by atoms with Crippen molar-refractivity contribution in [3.05, 3.63) is 40.6 Å². The van der Waals surface area contributed by atoms with Crippen molar-refractivity contribution in [1.82, 2.24) is 15.4 Å². The summed E-state index contributed by atoms with van der Waals surface area (Å²) in [5.41, 5.74) is 1.03. The maximum atomic E-state index is 13.9. The predicted molar refractivity (Wildman–Crippen MR) is 137 cm³/mol. The molecule has 2 fully saturated rings. The quantitative estimate of drug-likeness (QED) is 0.424. The fraction of sp³-hybridized carbons (Fsp3) is 0.538. The van der Waals surface area contributed by atoms with Crippen LogP contribution in [0, 0.1) is 6.92 Å². The molecule has 8 nitrogen and oxygen atoms in total. The van der Waals surface area contributed by atoms with Crippen molar-refractivity contribution in [2.24, 2.45) is 0 Å². The van der Waals surface area contributed by atoms with Gasteiger partial charge in [0.15, 0.2) is 0 Å². The third-order valence-corrected chi connectivity index (χ3v) is 8.87. The summed E-state index contributed by atoms with van der Waals surface area (Å²) >= 11 is 7.69. The molecule has 0 spiro atoms. The predicted octanol–water partition coefficient (Wildman–Crippen LogP) is 0.601. The molecule has 2 atom stereocenters. The summed E-state index contributed by atoms with van der Waals surface area (Å²) in [6, 6.07) is 4.77. The van der Waals surface area contributed by atoms with Gasteiger partial charge in [-0.3, -0.25) is 9.59 Å². The topological polar surface area (TPSA) is 116 Å². The van der Waals surface area contributed by atoms with Gasteiger partial charge in [-0.25, -0.2) is 0 Å². The number of amides is 2. The van der Waals surface area contributed by atoms with Crippen molar-refractivity contribution in [2.75, 3.05) is 5.75 Å². The number of aliphatic carboxylic acids is 1. The van der Waals surface area contributed by atoms with Gasteiger partial charge in [0.05, 0.1) is 17.0 Å². The van der Waals surface area contributed by atoms with Gasteiger partial charge in [0, 0.05) is 22.1 Å². The third-order valence-electron chi connectivity index (χ3n) is 7.08. The molecule has 194 valence electrons. The molecule has 0 bridgehead atoms. The largest absolute Gasteiger partial charge is 1.00 e. The second-order valence-corrected chi connectivity index (χ2v) is 12.1. The Labute approximate surface area is 248 Å². The van der Waals surface area contributed by atoms with Gasteiger partial charge in [-0.1, -0.05) is 60.6 Å². The van der Waals surface area contributed by atoms with Crippen molar-refractivity contribution < 1.29 is 53.6 Å². The summed E-state index contributed by atoms with van der Waals surface area (Å²) in [4.78, 5) is 41.3. The van der Waals surface area contributed by atoms with Gasteiger partial charge in [-0.05, 0) is 39.7 Å². The first-order chi connectivity index (χ1) is 17.1. The van der Waals surface area contributed by atoms with Crippen LogP contribution in [0.4, 0.5) is 0 Å². The average Bonchev–Trinajstić information content (AvgIpc) is 2.98. The third kappa shape index (κ3) is 6.38. The van der Waals surface area contributed by atoms with Crippen molar-refractivity contribution >= 4 is 41.1 Å². The van der Waals surface area contributed by atoms with Crippen LogP contribution in [0.2, 0.25) is 5.02 Å². The van der Waals surface area contributed by atoms with Crippen LogP contribution >= 0.6 is 23.4 Å². The molecule has 2 amide bonds. The maximum absolute atomic E-state index is 13.9. The van der Waals surface area contributed by atoms with E-state index in [1.165, 1.54) is 16.7 Å². The summed E-state index contributed by atoms with van der Waals surface area (Å²) < 4.78 is 4.53. The van der Waals surface area contributed by atoms with Crippen LogP contribution in [0.1, 0.15) is 68.5 Å². The van der Waals surface area contributed by atoms with E-state index in [0.29, 0.717) is 16.3 Å². The second-order valence-electron chi connectivity index (χ2n) is 10.00. The second kappa shape index (κ2) is 12.6. The average molecular weight is 556 g/mol. The Kier molecular flexibility index (Phi) is 10.2. The van der Waals surface area contributed by atoms with Gasteiger partial charge in [-0.2, -0.15) is 11.8 Å². The van der Waals surface area contributed by atoms with E-state index in [1.807, 2.05) is 13.8 Å². The Morgan fingerprint density at radius 3 is 2.46 bits per heavy atom. The Morgan fingerprint density at radius 1 is 1.19 bits per heavy atom. The number of nitrogens with zero attached hydrogens (tertiary/aromatic N) is 2. The molecule has 1 saturated heterocycles. The number of aromatic nitrogens is 1. The van der Waals surface area contributed by atoms with Crippen molar-refractivity contribution in [2.45, 2.75) is 82.2 Å². The Morgan fingerprint density at radius 2 is 1.84 bits per heavy atom. The normalized spacial score (nSPS) is 22.5. The first kappa shape index (κ1) is 30.0. The van der Waals surface area contributed by atoms with Crippen LogP contribution in [-0.2, 0) is 9.59 Å². The number of hydrogen-bond donors (Lipinski definition) is 1. The van der Waals surface area contributed by atoms with Crippen LogP contribution in [0.5, 0.6) is 0 Å². The smallest absolute Gasteiger partial charge is 0.548 e. The molecule has 0 unspecified atom stereocenters. The summed E-state index contributed by atoms with van der Waals surface area (Å²) in [5, 5.41) is 19.7. The van der Waals surface area contributed by atoms with Gasteiger partial charge >= 0.3 is 29.6 Å². The summed E-state index contributed by atoms with van der Waals surface area (Å²) in [5.74, 6) is -1.65. The number of carbonyl (C=O) groups excluding carboxylic acids is 3. The number of hydrogen-bond acceptors (Lipinski definition) is 7. The van der Waals surface area contributed by atoms with Crippen LogP contribution in [0.3, 0.4) is 0 Å². The fourth-order valence-electron chi connectivity index (χ4n) is 5.23. The number of aryl methyl sites for hydroxylation is 1. The monoisotopic (exact) mass is 555 g/mol. The molecule has 2 heterocycles. The molecule has 2 aliphatic rings. The van der Waals surface area contributed by atoms with E-state index in [9.17, 15) is 19.5 Å². The molecule has 2 aromatic rings. The van der Waals surface area contributed by atoms with Gasteiger partial charge in [-0.15, -0.1) is 0 Å². The SMILES string of the molecule is Cc1onc(-c2ccccc2Cl)c1C(=O)N[C@H]1CSC(C)(C)[C@H](C(=O)[O-])N(C2CCCCCC2)C1=O.[Na+]. The number of carbonyl (C=O) groups is 3. The zero-order chi connectivity index (χ0) is 26.0. The van der Waals surface area contributed by atoms with Crippen LogP contribution in [0.15, 0.2) is 28.8 Å². The Bertz CT molecular complexity index is 1150. The van der Waals surface area contributed by atoms with E-state index in [4.69, 9.17) is 16.1 Å². The minimum absolute atomic E-state index is 0. The molecule has 1 saturated carbocycles. The molecule has 4 rings (SSSR count). The van der Waals surface area contributed by atoms with E-state index >= 15 is 0 Å². The van der Waals surface area contributed by atoms with Crippen molar-refractivity contribution in [3.63, 3.8) is 0 Å². The van der Waals surface area contributed by atoms with E-state index in [-0.39, 0.29) is 52.6 Å². The summed E-state index contributed by atoms with van der Waals surface area (Å²) in [6.45, 7) is 5.26. The maximum Gasteiger partial charge on any atom is 1.00 e. The molecule has 1 aromatic heterocycles. The van der Waals surface area contributed by atoms with E-state index in [2.05, 4.69) is 10.5 Å². The van der Waals surface area contributed by atoms with E-state index in [0.717, 1.165) is 38.5 Å². The Balaban J connectivity index is 0.00000380.